The maximum Gasteiger partial charge on any atom is 0.241 e. The molecule has 1 unspecified atom stereocenters. The summed E-state index contributed by atoms with van der Waals surface area (Å²) >= 11 is 0. The lowest BCUT2D eigenvalue weighted by molar-refractivity contribution is -0.140. The third-order valence-corrected chi connectivity index (χ3v) is 2.56. The average Bonchev–Trinajstić information content (AvgIpc) is 2.23. The zero-order valence-electron chi connectivity index (χ0n) is 11.6. The number of hydrogen-bond donors (Lipinski definition) is 1. The number of carbonyl (C=O) groups excluding carboxylic acids is 2. The minimum atomic E-state index is -0.509. The minimum absolute atomic E-state index is 0.0862. The Kier molecular flexibility index (Phi) is 6.80. The Bertz CT molecular complexity index is 264. The lowest BCUT2D eigenvalue weighted by Crippen LogP contribution is -2.48. The average molecular weight is 243 g/mol. The first-order valence-electron chi connectivity index (χ1n) is 6.04. The second kappa shape index (κ2) is 7.27. The summed E-state index contributed by atoms with van der Waals surface area (Å²) in [6, 6.07) is -0.509. The molecule has 0 bridgehead atoms. The smallest absolute Gasteiger partial charge is 0.241 e. The monoisotopic (exact) mass is 243 g/mol. The second-order valence-corrected chi connectivity index (χ2v) is 4.88. The fraction of sp³-hybridized carbons (Fsp3) is 0.833. The molecular formula is C12H25N3O2. The molecule has 0 fully saturated rings. The van der Waals surface area contributed by atoms with E-state index in [-0.39, 0.29) is 18.4 Å². The minimum Gasteiger partial charge on any atom is -0.347 e. The van der Waals surface area contributed by atoms with E-state index in [0.29, 0.717) is 18.9 Å². The lowest BCUT2D eigenvalue weighted by Gasteiger charge is -2.25. The Morgan fingerprint density at radius 2 is 1.76 bits per heavy atom. The first kappa shape index (κ1) is 15.9. The molecule has 2 N–H and O–H groups in total. The predicted octanol–water partition coefficient (Wildman–Crippen LogP) is 0.297. The van der Waals surface area contributed by atoms with Gasteiger partial charge in [-0.3, -0.25) is 9.59 Å². The van der Waals surface area contributed by atoms with E-state index in [0.717, 1.165) is 0 Å². The van der Waals surface area contributed by atoms with Gasteiger partial charge in [-0.1, -0.05) is 13.8 Å². The quantitative estimate of drug-likeness (QED) is 0.729. The van der Waals surface area contributed by atoms with Crippen LogP contribution in [0.5, 0.6) is 0 Å². The van der Waals surface area contributed by atoms with Crippen molar-refractivity contribution < 1.29 is 9.59 Å². The summed E-state index contributed by atoms with van der Waals surface area (Å²) in [6.07, 6.45) is 0.644. The zero-order valence-corrected chi connectivity index (χ0v) is 11.6. The maximum absolute atomic E-state index is 12.0. The molecule has 5 nitrogen and oxygen atoms in total. The van der Waals surface area contributed by atoms with Gasteiger partial charge in [-0.25, -0.2) is 0 Å². The highest BCUT2D eigenvalue weighted by Gasteiger charge is 2.22. The van der Waals surface area contributed by atoms with Gasteiger partial charge in [0.25, 0.3) is 0 Å². The number of amides is 2. The normalized spacial score (nSPS) is 12.4. The summed E-state index contributed by atoms with van der Waals surface area (Å²) in [5.41, 5.74) is 5.83. The Morgan fingerprint density at radius 1 is 1.24 bits per heavy atom. The van der Waals surface area contributed by atoms with Crippen molar-refractivity contribution in [2.75, 3.05) is 27.2 Å². The van der Waals surface area contributed by atoms with Gasteiger partial charge in [-0.05, 0) is 19.3 Å². The molecule has 0 saturated carbocycles. The molecule has 0 heterocycles. The van der Waals surface area contributed by atoms with Crippen molar-refractivity contribution >= 4 is 11.8 Å². The topological polar surface area (TPSA) is 66.6 Å². The van der Waals surface area contributed by atoms with E-state index >= 15 is 0 Å². The highest BCUT2D eigenvalue weighted by molar-refractivity contribution is 5.87. The molecule has 100 valence electrons. The van der Waals surface area contributed by atoms with E-state index < -0.39 is 6.04 Å². The molecule has 0 aliphatic carbocycles. The first-order chi connectivity index (χ1) is 7.79. The van der Waals surface area contributed by atoms with E-state index in [1.807, 2.05) is 20.8 Å². The van der Waals surface area contributed by atoms with Crippen molar-refractivity contribution in [3.05, 3.63) is 0 Å². The Labute approximate surface area is 104 Å². The molecule has 0 radical (unpaired) electrons. The summed E-state index contributed by atoms with van der Waals surface area (Å²) in [7, 11) is 3.35. The molecule has 0 aromatic heterocycles. The second-order valence-electron chi connectivity index (χ2n) is 4.88. The molecular weight excluding hydrogens is 218 g/mol. The third kappa shape index (κ3) is 5.68. The van der Waals surface area contributed by atoms with E-state index in [4.69, 9.17) is 5.73 Å². The van der Waals surface area contributed by atoms with Gasteiger partial charge in [0.1, 0.15) is 0 Å². The summed E-state index contributed by atoms with van der Waals surface area (Å²) < 4.78 is 0. The number of nitrogens with zero attached hydrogens (tertiary/aromatic N) is 2. The highest BCUT2D eigenvalue weighted by Crippen LogP contribution is 2.06. The molecule has 0 saturated heterocycles. The largest absolute Gasteiger partial charge is 0.347 e. The summed E-state index contributed by atoms with van der Waals surface area (Å²) in [4.78, 5) is 26.5. The highest BCUT2D eigenvalue weighted by atomic mass is 16.2. The summed E-state index contributed by atoms with van der Waals surface area (Å²) in [5, 5.41) is 0. The van der Waals surface area contributed by atoms with Gasteiger partial charge in [0.2, 0.25) is 11.8 Å². The van der Waals surface area contributed by atoms with Crippen LogP contribution in [0.15, 0.2) is 0 Å². The fourth-order valence-electron chi connectivity index (χ4n) is 1.49. The predicted molar refractivity (Wildman–Crippen MR) is 68.4 cm³/mol. The Hall–Kier alpha value is -1.10. The van der Waals surface area contributed by atoms with Crippen LogP contribution in [0.1, 0.15) is 27.2 Å². The van der Waals surface area contributed by atoms with E-state index in [9.17, 15) is 9.59 Å². The van der Waals surface area contributed by atoms with E-state index in [1.54, 1.807) is 14.1 Å². The number of likely N-dealkylation sites (N-methyl/N-ethyl adjacent to an activating group) is 2. The van der Waals surface area contributed by atoms with Gasteiger partial charge < -0.3 is 15.5 Å². The molecule has 0 aliphatic rings. The van der Waals surface area contributed by atoms with Crippen LogP contribution in [0.4, 0.5) is 0 Å². The van der Waals surface area contributed by atoms with Crippen LogP contribution in [0, 0.1) is 5.92 Å². The molecule has 0 spiro atoms. The zero-order chi connectivity index (χ0) is 13.6. The molecule has 2 amide bonds. The van der Waals surface area contributed by atoms with Gasteiger partial charge in [0.15, 0.2) is 0 Å². The van der Waals surface area contributed by atoms with Gasteiger partial charge in [0.05, 0.1) is 12.6 Å². The molecule has 0 aromatic rings. The van der Waals surface area contributed by atoms with Gasteiger partial charge in [-0.2, -0.15) is 0 Å². The van der Waals surface area contributed by atoms with Gasteiger partial charge in [-0.15, -0.1) is 0 Å². The SMILES string of the molecule is CCN(CC(=O)N(C)C)C(=O)C(N)CC(C)C. The number of rotatable bonds is 6. The Morgan fingerprint density at radius 3 is 2.12 bits per heavy atom. The molecule has 5 heteroatoms. The molecule has 0 rings (SSSR count). The summed E-state index contributed by atoms with van der Waals surface area (Å²) in [6.45, 7) is 6.50. The first-order valence-corrected chi connectivity index (χ1v) is 6.04. The van der Waals surface area contributed by atoms with Gasteiger partial charge >= 0.3 is 0 Å². The number of hydrogen-bond acceptors (Lipinski definition) is 3. The number of nitrogens with two attached hydrogens (primary N) is 1. The van der Waals surface area contributed by atoms with Crippen LogP contribution in [-0.2, 0) is 9.59 Å². The van der Waals surface area contributed by atoms with Crippen molar-refractivity contribution in [1.82, 2.24) is 9.80 Å². The van der Waals surface area contributed by atoms with Crippen LogP contribution in [-0.4, -0.2) is 54.8 Å². The Balaban J connectivity index is 4.45. The number of carbonyl (C=O) groups is 2. The van der Waals surface area contributed by atoms with E-state index in [2.05, 4.69) is 0 Å². The summed E-state index contributed by atoms with van der Waals surface area (Å²) in [5.74, 6) is 0.144. The maximum atomic E-state index is 12.0. The molecule has 0 aliphatic heterocycles. The fourth-order valence-corrected chi connectivity index (χ4v) is 1.49. The van der Waals surface area contributed by atoms with Crippen LogP contribution < -0.4 is 5.73 Å². The van der Waals surface area contributed by atoms with Crippen LogP contribution in [0.2, 0.25) is 0 Å². The van der Waals surface area contributed by atoms with Crippen molar-refractivity contribution in [1.29, 1.82) is 0 Å². The van der Waals surface area contributed by atoms with Crippen molar-refractivity contribution in [3.63, 3.8) is 0 Å². The lowest BCUT2D eigenvalue weighted by atomic mass is 10.0. The van der Waals surface area contributed by atoms with Gasteiger partial charge in [0, 0.05) is 20.6 Å². The van der Waals surface area contributed by atoms with Crippen molar-refractivity contribution in [2.45, 2.75) is 33.2 Å². The van der Waals surface area contributed by atoms with Crippen LogP contribution >= 0.6 is 0 Å². The third-order valence-electron chi connectivity index (χ3n) is 2.56. The van der Waals surface area contributed by atoms with Crippen molar-refractivity contribution in [2.24, 2.45) is 11.7 Å². The van der Waals surface area contributed by atoms with Crippen LogP contribution in [0.25, 0.3) is 0 Å². The molecule has 0 aromatic carbocycles. The standard InChI is InChI=1S/C12H25N3O2/c1-6-15(8-11(16)14(4)5)12(17)10(13)7-9(2)3/h9-10H,6-8,13H2,1-5H3. The molecule has 1 atom stereocenters. The van der Waals surface area contributed by atoms with E-state index in [1.165, 1.54) is 9.80 Å². The van der Waals surface area contributed by atoms with Crippen LogP contribution in [0.3, 0.4) is 0 Å². The van der Waals surface area contributed by atoms with Crippen molar-refractivity contribution in [3.8, 4) is 0 Å². The molecule has 17 heavy (non-hydrogen) atoms.